The lowest BCUT2D eigenvalue weighted by molar-refractivity contribution is 0.0398. The number of ether oxygens (including phenoxy) is 2. The number of hydrogen-bond acceptors (Lipinski definition) is 7. The fourth-order valence-corrected chi connectivity index (χ4v) is 4.99. The second kappa shape index (κ2) is 11.3. The number of nitrogens with zero attached hydrogens (tertiary/aromatic N) is 4. The van der Waals surface area contributed by atoms with Crippen LogP contribution >= 0.6 is 0 Å². The maximum Gasteiger partial charge on any atom is 0.239 e. The third kappa shape index (κ3) is 5.83. The molecule has 0 atom stereocenters. The molecule has 0 bridgehead atoms. The zero-order chi connectivity index (χ0) is 27.6. The van der Waals surface area contributed by atoms with Crippen molar-refractivity contribution in [1.29, 1.82) is 0 Å². The summed E-state index contributed by atoms with van der Waals surface area (Å²) >= 11 is 0. The van der Waals surface area contributed by atoms with Crippen molar-refractivity contribution in [2.75, 3.05) is 44.7 Å². The average Bonchev–Trinajstić information content (AvgIpc) is 3.66. The largest absolute Gasteiger partial charge is 0.437 e. The number of aryl methyl sites for hydroxylation is 1. The number of carbonyl (C=O) groups excluding carboxylic acids is 1. The normalized spacial score (nSPS) is 15.9. The Kier molecular flexibility index (Phi) is 7.44. The lowest BCUT2D eigenvalue weighted by Gasteiger charge is -2.26. The summed E-state index contributed by atoms with van der Waals surface area (Å²) in [6.45, 7) is 6.62. The first-order valence-electron chi connectivity index (χ1n) is 13.6. The first kappa shape index (κ1) is 26.3. The van der Waals surface area contributed by atoms with Crippen LogP contribution in [0.25, 0.3) is 16.9 Å². The van der Waals surface area contributed by atoms with E-state index in [2.05, 4.69) is 20.3 Å². The van der Waals surface area contributed by atoms with Gasteiger partial charge in [0.05, 0.1) is 30.8 Å². The Morgan fingerprint density at radius 3 is 2.67 bits per heavy atom. The molecule has 1 saturated heterocycles. The minimum atomic E-state index is -1.00. The molecular weight excluding hydrogens is 516 g/mol. The molecule has 2 aliphatic rings. The molecule has 1 aliphatic carbocycles. The van der Waals surface area contributed by atoms with Crippen molar-refractivity contribution in [2.45, 2.75) is 26.2 Å². The lowest BCUT2D eigenvalue weighted by atomic mass is 9.98. The van der Waals surface area contributed by atoms with Gasteiger partial charge in [0.1, 0.15) is 5.75 Å². The highest BCUT2D eigenvalue weighted by Crippen LogP contribution is 2.35. The van der Waals surface area contributed by atoms with Crippen molar-refractivity contribution in [3.8, 4) is 22.9 Å². The minimum absolute atomic E-state index is 0.126. The van der Waals surface area contributed by atoms with E-state index in [-0.39, 0.29) is 17.4 Å². The predicted molar refractivity (Wildman–Crippen MR) is 147 cm³/mol. The van der Waals surface area contributed by atoms with Crippen LogP contribution in [0.4, 0.5) is 14.5 Å². The highest BCUT2D eigenvalue weighted by Gasteiger charge is 2.26. The molecule has 2 aromatic carbocycles. The van der Waals surface area contributed by atoms with Crippen LogP contribution < -0.4 is 10.1 Å². The van der Waals surface area contributed by atoms with Gasteiger partial charge in [-0.2, -0.15) is 0 Å². The Bertz CT molecular complexity index is 1550. The molecule has 6 rings (SSSR count). The molecule has 1 aliphatic heterocycles. The second-order valence-corrected chi connectivity index (χ2v) is 10.4. The third-order valence-corrected chi connectivity index (χ3v) is 7.40. The van der Waals surface area contributed by atoms with Crippen LogP contribution in [0.1, 0.15) is 35.2 Å². The summed E-state index contributed by atoms with van der Waals surface area (Å²) in [5, 5.41) is 8.08. The van der Waals surface area contributed by atoms with Crippen molar-refractivity contribution in [1.82, 2.24) is 19.5 Å². The number of imidazole rings is 1. The fraction of sp³-hybridized carbons (Fsp3) is 0.367. The zero-order valence-corrected chi connectivity index (χ0v) is 22.3. The van der Waals surface area contributed by atoms with Crippen LogP contribution in [0.5, 0.6) is 11.6 Å². The number of hydrogen-bond donors (Lipinski definition) is 1. The number of fused-ring (bicyclic) bond motifs is 1. The summed E-state index contributed by atoms with van der Waals surface area (Å²) in [4.78, 5) is 19.7. The number of Topliss-reactive ketones (excluding diaryl/α,β-unsaturated/α-hetero) is 1. The van der Waals surface area contributed by atoms with Crippen LogP contribution in [-0.4, -0.2) is 64.7 Å². The number of benzene rings is 2. The number of rotatable bonds is 10. The van der Waals surface area contributed by atoms with E-state index in [1.807, 2.05) is 25.1 Å². The van der Waals surface area contributed by atoms with Crippen LogP contribution in [0.2, 0.25) is 0 Å². The highest BCUT2D eigenvalue weighted by atomic mass is 19.2. The molecule has 8 nitrogen and oxygen atoms in total. The SMILES string of the molecule is Cc1cc(-c2cnc3c(NCCN4CCOCC4)cc(Oc4ccc(F)c(F)c4)nn23)ccc1C(=O)CC1CC1. The third-order valence-electron chi connectivity index (χ3n) is 7.40. The number of carbonyl (C=O) groups is 1. The molecule has 208 valence electrons. The van der Waals surface area contributed by atoms with Gasteiger partial charge in [-0.15, -0.1) is 5.10 Å². The molecule has 40 heavy (non-hydrogen) atoms. The van der Waals surface area contributed by atoms with Gasteiger partial charge in [0.15, 0.2) is 23.1 Å². The van der Waals surface area contributed by atoms with Crippen LogP contribution in [0, 0.1) is 24.5 Å². The summed E-state index contributed by atoms with van der Waals surface area (Å²) in [5.74, 6) is -0.931. The molecular formula is C30H31F2N5O3. The molecule has 0 radical (unpaired) electrons. The summed E-state index contributed by atoms with van der Waals surface area (Å²) < 4.78 is 40.3. The fourth-order valence-electron chi connectivity index (χ4n) is 4.99. The molecule has 0 spiro atoms. The number of halogens is 2. The van der Waals surface area contributed by atoms with Crippen molar-refractivity contribution >= 4 is 17.1 Å². The van der Waals surface area contributed by atoms with Crippen molar-refractivity contribution in [2.24, 2.45) is 5.92 Å². The molecule has 2 fully saturated rings. The van der Waals surface area contributed by atoms with E-state index in [4.69, 9.17) is 9.47 Å². The van der Waals surface area contributed by atoms with Crippen LogP contribution in [0.15, 0.2) is 48.7 Å². The maximum absolute atomic E-state index is 13.9. The van der Waals surface area contributed by atoms with E-state index in [9.17, 15) is 13.6 Å². The molecule has 0 unspecified atom stereocenters. The lowest BCUT2D eigenvalue weighted by Crippen LogP contribution is -2.39. The molecule has 4 aromatic rings. The zero-order valence-electron chi connectivity index (χ0n) is 22.3. The number of nitrogens with one attached hydrogen (secondary N) is 1. The van der Waals surface area contributed by atoms with Crippen LogP contribution in [0.3, 0.4) is 0 Å². The predicted octanol–water partition coefficient (Wildman–Crippen LogP) is 5.50. The van der Waals surface area contributed by atoms with Crippen molar-refractivity contribution < 1.29 is 23.0 Å². The van der Waals surface area contributed by atoms with Gasteiger partial charge < -0.3 is 14.8 Å². The van der Waals surface area contributed by atoms with Crippen LogP contribution in [-0.2, 0) is 4.74 Å². The monoisotopic (exact) mass is 547 g/mol. The van der Waals surface area contributed by atoms with E-state index < -0.39 is 11.6 Å². The average molecular weight is 548 g/mol. The maximum atomic E-state index is 13.9. The first-order valence-corrected chi connectivity index (χ1v) is 13.6. The van der Waals surface area contributed by atoms with Gasteiger partial charge in [0.2, 0.25) is 5.88 Å². The number of morpholine rings is 1. The summed E-state index contributed by atoms with van der Waals surface area (Å²) in [7, 11) is 0. The van der Waals surface area contributed by atoms with Gasteiger partial charge in [0, 0.05) is 55.9 Å². The van der Waals surface area contributed by atoms with E-state index in [0.717, 1.165) is 74.5 Å². The molecule has 2 aromatic heterocycles. The van der Waals surface area contributed by atoms with Gasteiger partial charge in [-0.3, -0.25) is 9.69 Å². The van der Waals surface area contributed by atoms with Gasteiger partial charge in [-0.05, 0) is 49.4 Å². The second-order valence-electron chi connectivity index (χ2n) is 10.4. The Balaban J connectivity index is 1.32. The van der Waals surface area contributed by atoms with E-state index in [0.29, 0.717) is 35.9 Å². The van der Waals surface area contributed by atoms with Gasteiger partial charge in [-0.25, -0.2) is 18.3 Å². The molecule has 10 heteroatoms. The van der Waals surface area contributed by atoms with E-state index in [1.54, 1.807) is 16.8 Å². The number of ketones is 1. The van der Waals surface area contributed by atoms with E-state index in [1.165, 1.54) is 6.07 Å². The van der Waals surface area contributed by atoms with Gasteiger partial charge >= 0.3 is 0 Å². The summed E-state index contributed by atoms with van der Waals surface area (Å²) in [5.41, 5.74) is 4.50. The summed E-state index contributed by atoms with van der Waals surface area (Å²) in [6.07, 6.45) is 4.60. The number of aromatic nitrogens is 3. The van der Waals surface area contributed by atoms with Crippen molar-refractivity contribution in [3.63, 3.8) is 0 Å². The standard InChI is InChI=1S/C30H31F2N5O3/c1-19-14-21(4-6-23(19)28(38)15-20-2-3-20)27-18-34-30-26(33-8-9-36-10-12-39-13-11-36)17-29(35-37(27)30)40-22-5-7-24(31)25(32)16-22/h4-7,14,16-18,20,33H,2-3,8-13,15H2,1H3. The molecule has 1 N–H and O–H groups in total. The van der Waals surface area contributed by atoms with Crippen molar-refractivity contribution in [3.05, 3.63) is 71.4 Å². The van der Waals surface area contributed by atoms with Gasteiger partial charge in [0.25, 0.3) is 0 Å². The Labute approximate surface area is 230 Å². The molecule has 0 amide bonds. The number of anilines is 1. The smallest absolute Gasteiger partial charge is 0.239 e. The highest BCUT2D eigenvalue weighted by molar-refractivity contribution is 5.98. The first-order chi connectivity index (χ1) is 19.4. The molecule has 3 heterocycles. The topological polar surface area (TPSA) is 81.0 Å². The molecule has 1 saturated carbocycles. The Morgan fingerprint density at radius 1 is 1.10 bits per heavy atom. The quantitative estimate of drug-likeness (QED) is 0.263. The summed E-state index contributed by atoms with van der Waals surface area (Å²) in [6, 6.07) is 10.8. The van der Waals surface area contributed by atoms with E-state index >= 15 is 0 Å². The minimum Gasteiger partial charge on any atom is -0.437 e. The van der Waals surface area contributed by atoms with Gasteiger partial charge in [-0.1, -0.05) is 12.1 Å². The Hall–Kier alpha value is -3.89. The Morgan fingerprint density at radius 2 is 1.93 bits per heavy atom.